The van der Waals surface area contributed by atoms with E-state index in [1.54, 1.807) is 6.07 Å². The van der Waals surface area contributed by atoms with Gasteiger partial charge in [0.1, 0.15) is 0 Å². The first-order valence-corrected chi connectivity index (χ1v) is 6.39. The molecular weight excluding hydrogens is 226 g/mol. The molecule has 0 aromatic heterocycles. The molecule has 1 rings (SSSR count). The number of anilines is 2. The van der Waals surface area contributed by atoms with Crippen LogP contribution >= 0.6 is 0 Å². The second kappa shape index (κ2) is 7.01. The van der Waals surface area contributed by atoms with Crippen molar-refractivity contribution in [3.63, 3.8) is 0 Å². The highest BCUT2D eigenvalue weighted by Gasteiger charge is 2.12. The van der Waals surface area contributed by atoms with Crippen molar-refractivity contribution in [2.45, 2.75) is 32.7 Å². The lowest BCUT2D eigenvalue weighted by Crippen LogP contribution is -2.36. The zero-order valence-corrected chi connectivity index (χ0v) is 11.4. The van der Waals surface area contributed by atoms with Gasteiger partial charge in [0.15, 0.2) is 0 Å². The fraction of sp³-hybridized carbons (Fsp3) is 0.500. The summed E-state index contributed by atoms with van der Waals surface area (Å²) in [4.78, 5) is 13.9. The van der Waals surface area contributed by atoms with Crippen molar-refractivity contribution in [1.82, 2.24) is 4.90 Å². The molecular formula is C14H23N3O. The summed E-state index contributed by atoms with van der Waals surface area (Å²) in [7, 11) is 1.97. The van der Waals surface area contributed by atoms with E-state index in [-0.39, 0.29) is 5.91 Å². The van der Waals surface area contributed by atoms with Crippen molar-refractivity contribution in [3.8, 4) is 0 Å². The number of nitrogens with zero attached hydrogens (tertiary/aromatic N) is 1. The van der Waals surface area contributed by atoms with Gasteiger partial charge < -0.3 is 11.1 Å². The highest BCUT2D eigenvalue weighted by molar-refractivity contribution is 5.95. The summed E-state index contributed by atoms with van der Waals surface area (Å²) < 4.78 is 0. The minimum Gasteiger partial charge on any atom is -0.397 e. The maximum Gasteiger partial charge on any atom is 0.238 e. The summed E-state index contributed by atoms with van der Waals surface area (Å²) in [5.41, 5.74) is 7.05. The average molecular weight is 249 g/mol. The molecule has 4 heteroatoms. The molecule has 0 fully saturated rings. The van der Waals surface area contributed by atoms with Crippen molar-refractivity contribution >= 4 is 17.3 Å². The van der Waals surface area contributed by atoms with Gasteiger partial charge in [0.2, 0.25) is 5.91 Å². The monoisotopic (exact) mass is 249 g/mol. The molecule has 0 heterocycles. The molecule has 3 N–H and O–H groups in total. The van der Waals surface area contributed by atoms with Crippen LogP contribution in [0, 0.1) is 0 Å². The minimum atomic E-state index is -0.0293. The van der Waals surface area contributed by atoms with Gasteiger partial charge in [-0.25, -0.2) is 0 Å². The third-order valence-corrected chi connectivity index (χ3v) is 3.09. The van der Waals surface area contributed by atoms with E-state index < -0.39 is 0 Å². The Bertz CT molecular complexity index is 392. The van der Waals surface area contributed by atoms with Gasteiger partial charge in [-0.15, -0.1) is 0 Å². The number of nitrogens with one attached hydrogen (secondary N) is 1. The van der Waals surface area contributed by atoms with Crippen LogP contribution in [0.2, 0.25) is 0 Å². The molecule has 100 valence electrons. The summed E-state index contributed by atoms with van der Waals surface area (Å²) in [5.74, 6) is -0.0293. The van der Waals surface area contributed by atoms with Crippen molar-refractivity contribution in [3.05, 3.63) is 24.3 Å². The Morgan fingerprint density at radius 3 is 2.72 bits per heavy atom. The van der Waals surface area contributed by atoms with Gasteiger partial charge in [-0.2, -0.15) is 0 Å². The molecule has 1 amide bonds. The molecule has 1 aromatic carbocycles. The number of hydrogen-bond acceptors (Lipinski definition) is 3. The van der Waals surface area contributed by atoms with Crippen LogP contribution in [0.25, 0.3) is 0 Å². The number of likely N-dealkylation sites (N-methyl/N-ethyl adjacent to an activating group) is 1. The lowest BCUT2D eigenvalue weighted by atomic mass is 10.2. The Labute approximate surface area is 109 Å². The van der Waals surface area contributed by atoms with Crippen LogP contribution in [0.5, 0.6) is 0 Å². The van der Waals surface area contributed by atoms with E-state index in [0.29, 0.717) is 24.0 Å². The molecule has 0 bridgehead atoms. The lowest BCUT2D eigenvalue weighted by molar-refractivity contribution is -0.117. The minimum absolute atomic E-state index is 0.0293. The van der Waals surface area contributed by atoms with E-state index in [2.05, 4.69) is 24.1 Å². The van der Waals surface area contributed by atoms with Crippen molar-refractivity contribution < 1.29 is 4.79 Å². The van der Waals surface area contributed by atoms with Crippen LogP contribution in [-0.4, -0.2) is 30.4 Å². The first kappa shape index (κ1) is 14.5. The Morgan fingerprint density at radius 2 is 2.11 bits per heavy atom. The second-order valence-electron chi connectivity index (χ2n) is 4.69. The smallest absolute Gasteiger partial charge is 0.238 e. The SMILES string of the molecule is CCCC(C)N(C)CC(=O)Nc1ccccc1N. The van der Waals surface area contributed by atoms with Crippen LogP contribution < -0.4 is 11.1 Å². The second-order valence-corrected chi connectivity index (χ2v) is 4.69. The van der Waals surface area contributed by atoms with Crippen molar-refractivity contribution in [2.75, 3.05) is 24.6 Å². The number of nitrogen functional groups attached to an aromatic ring is 1. The molecule has 0 aliphatic rings. The largest absolute Gasteiger partial charge is 0.397 e. The standard InChI is InChI=1S/C14H23N3O/c1-4-7-11(2)17(3)10-14(18)16-13-9-6-5-8-12(13)15/h5-6,8-9,11H,4,7,10,15H2,1-3H3,(H,16,18). The Balaban J connectivity index is 2.49. The van der Waals surface area contributed by atoms with Crippen LogP contribution in [0.3, 0.4) is 0 Å². The average Bonchev–Trinajstić information content (AvgIpc) is 2.32. The molecule has 1 aromatic rings. The maximum atomic E-state index is 11.9. The molecule has 4 nitrogen and oxygen atoms in total. The predicted octanol–water partition coefficient (Wildman–Crippen LogP) is 2.33. The summed E-state index contributed by atoms with van der Waals surface area (Å²) >= 11 is 0. The highest BCUT2D eigenvalue weighted by atomic mass is 16.2. The van der Waals surface area contributed by atoms with E-state index in [4.69, 9.17) is 5.73 Å². The summed E-state index contributed by atoms with van der Waals surface area (Å²) in [6.07, 6.45) is 2.22. The summed E-state index contributed by atoms with van der Waals surface area (Å²) in [6.45, 7) is 4.66. The lowest BCUT2D eigenvalue weighted by Gasteiger charge is -2.23. The Kier molecular flexibility index (Phi) is 5.65. The van der Waals surface area contributed by atoms with Crippen LogP contribution in [0.1, 0.15) is 26.7 Å². The molecule has 0 saturated carbocycles. The number of benzene rings is 1. The third kappa shape index (κ3) is 4.37. The highest BCUT2D eigenvalue weighted by Crippen LogP contribution is 2.16. The molecule has 0 aliphatic carbocycles. The predicted molar refractivity (Wildman–Crippen MR) is 76.5 cm³/mol. The first-order chi connectivity index (χ1) is 8.54. The molecule has 0 aliphatic heterocycles. The van der Waals surface area contributed by atoms with E-state index in [1.165, 1.54) is 0 Å². The van der Waals surface area contributed by atoms with Crippen LogP contribution in [-0.2, 0) is 4.79 Å². The number of carbonyl (C=O) groups excluding carboxylic acids is 1. The van der Waals surface area contributed by atoms with E-state index in [0.717, 1.165) is 12.8 Å². The van der Waals surface area contributed by atoms with E-state index >= 15 is 0 Å². The number of hydrogen-bond donors (Lipinski definition) is 2. The quantitative estimate of drug-likeness (QED) is 0.761. The molecule has 1 unspecified atom stereocenters. The Hall–Kier alpha value is -1.55. The molecule has 0 radical (unpaired) electrons. The van der Waals surface area contributed by atoms with Crippen molar-refractivity contribution in [2.24, 2.45) is 0 Å². The first-order valence-electron chi connectivity index (χ1n) is 6.39. The fourth-order valence-electron chi connectivity index (χ4n) is 1.82. The van der Waals surface area contributed by atoms with Crippen molar-refractivity contribution in [1.29, 1.82) is 0 Å². The fourth-order valence-corrected chi connectivity index (χ4v) is 1.82. The topological polar surface area (TPSA) is 58.4 Å². The Morgan fingerprint density at radius 1 is 1.44 bits per heavy atom. The molecule has 18 heavy (non-hydrogen) atoms. The van der Waals surface area contributed by atoms with Gasteiger partial charge in [-0.1, -0.05) is 25.5 Å². The van der Waals surface area contributed by atoms with E-state index in [9.17, 15) is 4.79 Å². The summed E-state index contributed by atoms with van der Waals surface area (Å²) in [6, 6.07) is 7.70. The van der Waals surface area contributed by atoms with E-state index in [1.807, 2.05) is 25.2 Å². The van der Waals surface area contributed by atoms with Gasteiger partial charge in [-0.3, -0.25) is 9.69 Å². The van der Waals surface area contributed by atoms with Crippen LogP contribution in [0.15, 0.2) is 24.3 Å². The third-order valence-electron chi connectivity index (χ3n) is 3.09. The molecule has 1 atom stereocenters. The van der Waals surface area contributed by atoms with Gasteiger partial charge in [0, 0.05) is 6.04 Å². The van der Waals surface area contributed by atoms with Gasteiger partial charge in [0.05, 0.1) is 17.9 Å². The van der Waals surface area contributed by atoms with Crippen LogP contribution in [0.4, 0.5) is 11.4 Å². The van der Waals surface area contributed by atoms with Gasteiger partial charge in [-0.05, 0) is 32.5 Å². The number of nitrogens with two attached hydrogens (primary N) is 1. The molecule has 0 spiro atoms. The number of carbonyl (C=O) groups is 1. The summed E-state index contributed by atoms with van der Waals surface area (Å²) in [5, 5.41) is 2.83. The zero-order chi connectivity index (χ0) is 13.5. The molecule has 0 saturated heterocycles. The normalized spacial score (nSPS) is 12.4. The van der Waals surface area contributed by atoms with Gasteiger partial charge >= 0.3 is 0 Å². The number of para-hydroxylation sites is 2. The number of rotatable bonds is 6. The maximum absolute atomic E-state index is 11.9. The van der Waals surface area contributed by atoms with Gasteiger partial charge in [0.25, 0.3) is 0 Å². The zero-order valence-electron chi connectivity index (χ0n) is 11.4. The number of amides is 1.